The first kappa shape index (κ1) is 20.2. The molecule has 0 radical (unpaired) electrons. The van der Waals surface area contributed by atoms with Gasteiger partial charge in [-0.05, 0) is 50.2 Å². The van der Waals surface area contributed by atoms with Gasteiger partial charge in [0.15, 0.2) is 0 Å². The number of para-hydroxylation sites is 1. The van der Waals surface area contributed by atoms with Crippen LogP contribution in [0.4, 0.5) is 0 Å². The number of nitrogens with one attached hydrogen (secondary N) is 1. The monoisotopic (exact) mass is 405 g/mol. The number of hydrogen-bond donors (Lipinski definition) is 1. The molecule has 3 aromatic rings. The van der Waals surface area contributed by atoms with Gasteiger partial charge in [0.25, 0.3) is 5.91 Å². The van der Waals surface area contributed by atoms with Crippen molar-refractivity contribution in [2.45, 2.75) is 12.8 Å². The van der Waals surface area contributed by atoms with E-state index >= 15 is 0 Å². The largest absolute Gasteiger partial charge is 0.497 e. The van der Waals surface area contributed by atoms with Crippen molar-refractivity contribution in [3.05, 3.63) is 54.1 Å². The molecule has 1 aliphatic heterocycles. The number of rotatable bonds is 7. The number of fused-ring (bicyclic) bond motifs is 1. The molecule has 0 spiro atoms. The van der Waals surface area contributed by atoms with Crippen molar-refractivity contribution in [2.24, 2.45) is 0 Å². The highest BCUT2D eigenvalue weighted by Crippen LogP contribution is 2.34. The highest BCUT2D eigenvalue weighted by atomic mass is 16.5. The SMILES string of the molecule is COc1ccc(-c2cc(C(=O)NCCN3CCCC3)c3ccccc3n2)c(OC)c1. The Hall–Kier alpha value is -3.12. The zero-order valence-electron chi connectivity index (χ0n) is 17.5. The van der Waals surface area contributed by atoms with Gasteiger partial charge in [-0.2, -0.15) is 0 Å². The molecular formula is C24H27N3O3. The summed E-state index contributed by atoms with van der Waals surface area (Å²) in [5.41, 5.74) is 2.90. The summed E-state index contributed by atoms with van der Waals surface area (Å²) in [5.74, 6) is 1.27. The second-order valence-corrected chi connectivity index (χ2v) is 7.44. The van der Waals surface area contributed by atoms with E-state index in [1.165, 1.54) is 12.8 Å². The lowest BCUT2D eigenvalue weighted by atomic mass is 10.0. The zero-order chi connectivity index (χ0) is 20.9. The number of pyridine rings is 1. The lowest BCUT2D eigenvalue weighted by Crippen LogP contribution is -2.33. The fourth-order valence-electron chi connectivity index (χ4n) is 3.94. The van der Waals surface area contributed by atoms with Crippen molar-refractivity contribution in [3.8, 4) is 22.8 Å². The minimum Gasteiger partial charge on any atom is -0.497 e. The third kappa shape index (κ3) is 4.24. The van der Waals surface area contributed by atoms with E-state index in [1.54, 1.807) is 14.2 Å². The molecule has 2 heterocycles. The summed E-state index contributed by atoms with van der Waals surface area (Å²) < 4.78 is 10.8. The average molecular weight is 405 g/mol. The Kier molecular flexibility index (Phi) is 6.14. The van der Waals surface area contributed by atoms with Crippen LogP contribution in [0.2, 0.25) is 0 Å². The first-order valence-electron chi connectivity index (χ1n) is 10.3. The topological polar surface area (TPSA) is 63.7 Å². The third-order valence-electron chi connectivity index (χ3n) is 5.56. The number of likely N-dealkylation sites (tertiary alicyclic amines) is 1. The fraction of sp³-hybridized carbons (Fsp3) is 0.333. The molecule has 1 amide bonds. The molecule has 6 heteroatoms. The Morgan fingerprint density at radius 3 is 2.63 bits per heavy atom. The van der Waals surface area contributed by atoms with Crippen LogP contribution in [-0.4, -0.2) is 56.2 Å². The van der Waals surface area contributed by atoms with Crippen molar-refractivity contribution < 1.29 is 14.3 Å². The first-order chi connectivity index (χ1) is 14.7. The molecule has 0 atom stereocenters. The fourth-order valence-corrected chi connectivity index (χ4v) is 3.94. The molecule has 4 rings (SSSR count). The maximum Gasteiger partial charge on any atom is 0.252 e. The van der Waals surface area contributed by atoms with E-state index in [9.17, 15) is 4.79 Å². The molecule has 0 bridgehead atoms. The Bertz CT molecular complexity index is 1050. The van der Waals surface area contributed by atoms with Gasteiger partial charge in [-0.1, -0.05) is 18.2 Å². The van der Waals surface area contributed by atoms with Crippen LogP contribution >= 0.6 is 0 Å². The molecule has 6 nitrogen and oxygen atoms in total. The van der Waals surface area contributed by atoms with Gasteiger partial charge in [-0.15, -0.1) is 0 Å². The standard InChI is InChI=1S/C24H27N3O3/c1-29-17-9-10-19(23(15-17)30-2)22-16-20(18-7-3-4-8-21(18)26-22)24(28)25-11-14-27-12-5-6-13-27/h3-4,7-10,15-16H,5-6,11-14H2,1-2H3,(H,25,28). The number of carbonyl (C=O) groups is 1. The van der Waals surface area contributed by atoms with Crippen molar-refractivity contribution in [1.82, 2.24) is 15.2 Å². The summed E-state index contributed by atoms with van der Waals surface area (Å²) in [4.78, 5) is 20.2. The molecule has 2 aromatic carbocycles. The van der Waals surface area contributed by atoms with Crippen LogP contribution in [0.15, 0.2) is 48.5 Å². The minimum absolute atomic E-state index is 0.0819. The number of ether oxygens (including phenoxy) is 2. The molecule has 156 valence electrons. The molecular weight excluding hydrogens is 378 g/mol. The van der Waals surface area contributed by atoms with Gasteiger partial charge in [0.2, 0.25) is 0 Å². The van der Waals surface area contributed by atoms with E-state index in [0.717, 1.165) is 36.1 Å². The van der Waals surface area contributed by atoms with Crippen molar-refractivity contribution >= 4 is 16.8 Å². The summed E-state index contributed by atoms with van der Waals surface area (Å²) in [6.07, 6.45) is 2.49. The predicted molar refractivity (Wildman–Crippen MR) is 118 cm³/mol. The number of nitrogens with zero attached hydrogens (tertiary/aromatic N) is 2. The van der Waals surface area contributed by atoms with Crippen LogP contribution in [-0.2, 0) is 0 Å². The van der Waals surface area contributed by atoms with Crippen LogP contribution in [0.25, 0.3) is 22.2 Å². The number of aromatic nitrogens is 1. The predicted octanol–water partition coefficient (Wildman–Crippen LogP) is 3.74. The quantitative estimate of drug-likeness (QED) is 0.649. The maximum atomic E-state index is 13.1. The second kappa shape index (κ2) is 9.13. The first-order valence-corrected chi connectivity index (χ1v) is 10.3. The minimum atomic E-state index is -0.0819. The highest BCUT2D eigenvalue weighted by Gasteiger charge is 2.17. The van der Waals surface area contributed by atoms with Gasteiger partial charge >= 0.3 is 0 Å². The van der Waals surface area contributed by atoms with E-state index in [1.807, 2.05) is 48.5 Å². The molecule has 1 N–H and O–H groups in total. The molecule has 0 aliphatic carbocycles. The van der Waals surface area contributed by atoms with Crippen LogP contribution < -0.4 is 14.8 Å². The van der Waals surface area contributed by atoms with E-state index in [2.05, 4.69) is 10.2 Å². The van der Waals surface area contributed by atoms with Crippen LogP contribution in [0, 0.1) is 0 Å². The summed E-state index contributed by atoms with van der Waals surface area (Å²) in [6, 6.07) is 15.2. The lowest BCUT2D eigenvalue weighted by Gasteiger charge is -2.16. The molecule has 1 saturated heterocycles. The molecule has 0 saturated carbocycles. The van der Waals surface area contributed by atoms with Crippen LogP contribution in [0.1, 0.15) is 23.2 Å². The second-order valence-electron chi connectivity index (χ2n) is 7.44. The van der Waals surface area contributed by atoms with E-state index < -0.39 is 0 Å². The zero-order valence-corrected chi connectivity index (χ0v) is 17.5. The molecule has 0 unspecified atom stereocenters. The Balaban J connectivity index is 1.66. The van der Waals surface area contributed by atoms with Crippen LogP contribution in [0.3, 0.4) is 0 Å². The van der Waals surface area contributed by atoms with Gasteiger partial charge in [-0.3, -0.25) is 4.79 Å². The normalized spacial score (nSPS) is 14.1. The molecule has 1 aliphatic rings. The van der Waals surface area contributed by atoms with Gasteiger partial charge < -0.3 is 19.7 Å². The van der Waals surface area contributed by atoms with Crippen molar-refractivity contribution in [2.75, 3.05) is 40.4 Å². The van der Waals surface area contributed by atoms with Crippen LogP contribution in [0.5, 0.6) is 11.5 Å². The van der Waals surface area contributed by atoms with E-state index in [-0.39, 0.29) is 5.91 Å². The van der Waals surface area contributed by atoms with Gasteiger partial charge in [0.05, 0.1) is 31.0 Å². The number of methoxy groups -OCH3 is 2. The molecule has 1 aromatic heterocycles. The van der Waals surface area contributed by atoms with Gasteiger partial charge in [0.1, 0.15) is 11.5 Å². The smallest absolute Gasteiger partial charge is 0.252 e. The van der Waals surface area contributed by atoms with Gasteiger partial charge in [0, 0.05) is 30.1 Å². The number of hydrogen-bond acceptors (Lipinski definition) is 5. The van der Waals surface area contributed by atoms with Crippen molar-refractivity contribution in [1.29, 1.82) is 0 Å². The summed E-state index contributed by atoms with van der Waals surface area (Å²) in [5, 5.41) is 3.92. The summed E-state index contributed by atoms with van der Waals surface area (Å²) in [7, 11) is 3.23. The summed E-state index contributed by atoms with van der Waals surface area (Å²) >= 11 is 0. The highest BCUT2D eigenvalue weighted by molar-refractivity contribution is 6.07. The summed E-state index contributed by atoms with van der Waals surface area (Å²) in [6.45, 7) is 3.76. The Morgan fingerprint density at radius 2 is 1.87 bits per heavy atom. The average Bonchev–Trinajstić information content (AvgIpc) is 3.31. The van der Waals surface area contributed by atoms with Gasteiger partial charge in [-0.25, -0.2) is 4.98 Å². The number of carbonyl (C=O) groups excluding carboxylic acids is 1. The Morgan fingerprint density at radius 1 is 1.07 bits per heavy atom. The number of benzene rings is 2. The number of amides is 1. The Labute approximate surface area is 176 Å². The third-order valence-corrected chi connectivity index (χ3v) is 5.56. The van der Waals surface area contributed by atoms with Crippen molar-refractivity contribution in [3.63, 3.8) is 0 Å². The molecule has 1 fully saturated rings. The lowest BCUT2D eigenvalue weighted by molar-refractivity contribution is 0.0951. The van der Waals surface area contributed by atoms with E-state index in [4.69, 9.17) is 14.5 Å². The maximum absolute atomic E-state index is 13.1. The molecule has 30 heavy (non-hydrogen) atoms. The van der Waals surface area contributed by atoms with E-state index in [0.29, 0.717) is 29.3 Å².